The maximum absolute atomic E-state index is 12.3. The Hall–Kier alpha value is -3.28. The van der Waals surface area contributed by atoms with E-state index in [-0.39, 0.29) is 38.3 Å². The number of ether oxygens (including phenoxy) is 1. The van der Waals surface area contributed by atoms with Gasteiger partial charge in [-0.15, -0.1) is 0 Å². The number of amides is 2. The molecule has 1 unspecified atom stereocenters. The number of hydrogen-bond donors (Lipinski definition) is 3. The number of carbonyl (C=O) groups excluding carboxylic acids is 2. The number of piperidine rings is 1. The minimum atomic E-state index is -0.435. The van der Waals surface area contributed by atoms with Crippen LogP contribution in [0.15, 0.2) is 42.7 Å². The summed E-state index contributed by atoms with van der Waals surface area (Å²) in [5.41, 5.74) is 9.80. The number of rotatable bonds is 8. The molecule has 38 heavy (non-hydrogen) atoms. The molecule has 1 atom stereocenters. The van der Waals surface area contributed by atoms with E-state index in [0.717, 1.165) is 48.2 Å². The van der Waals surface area contributed by atoms with Crippen LogP contribution >= 0.6 is 13.5 Å². The maximum atomic E-state index is 12.3. The van der Waals surface area contributed by atoms with Crippen LogP contribution in [0.25, 0.3) is 22.3 Å². The van der Waals surface area contributed by atoms with Gasteiger partial charge in [0.25, 0.3) is 0 Å². The summed E-state index contributed by atoms with van der Waals surface area (Å²) in [4.78, 5) is 39.0. The first kappa shape index (κ1) is 27.7. The normalized spacial score (nSPS) is 18.1. The highest BCUT2D eigenvalue weighted by molar-refractivity contribution is 7.59. The standard InChI is InChI=1S/C27H33N7O3.H2S/c28-24(35)5-6-25(36)34-12-7-19(8-13-34)18-1-3-20(4-2-18)22-15-23-26(31-10-9-30-23)27(33-22)32-17-21-16-29-11-14-37-21;/h1-4,9-10,15,19,21,29H,5-8,11-14,16-17H2,(H2,28,35)(H,32,33);1H2. The van der Waals surface area contributed by atoms with E-state index in [1.807, 2.05) is 11.0 Å². The molecule has 0 radical (unpaired) electrons. The summed E-state index contributed by atoms with van der Waals surface area (Å²) < 4.78 is 5.81. The van der Waals surface area contributed by atoms with Gasteiger partial charge < -0.3 is 26.0 Å². The highest BCUT2D eigenvalue weighted by Crippen LogP contribution is 2.31. The van der Waals surface area contributed by atoms with E-state index in [1.165, 1.54) is 5.56 Å². The van der Waals surface area contributed by atoms with Crippen LogP contribution in [0.1, 0.15) is 37.2 Å². The Labute approximate surface area is 229 Å². The number of morpholine rings is 1. The van der Waals surface area contributed by atoms with Crippen molar-refractivity contribution in [1.29, 1.82) is 0 Å². The van der Waals surface area contributed by atoms with Crippen molar-refractivity contribution in [3.8, 4) is 11.3 Å². The van der Waals surface area contributed by atoms with E-state index in [4.69, 9.17) is 15.5 Å². The second-order valence-electron chi connectivity index (χ2n) is 9.60. The molecule has 0 aliphatic carbocycles. The molecule has 2 aliphatic heterocycles. The van der Waals surface area contributed by atoms with Gasteiger partial charge in [0.2, 0.25) is 11.8 Å². The number of carbonyl (C=O) groups is 2. The molecule has 1 aromatic carbocycles. The lowest BCUT2D eigenvalue weighted by atomic mass is 9.88. The fraction of sp³-hybridized carbons (Fsp3) is 0.444. The molecule has 2 saturated heterocycles. The quantitative estimate of drug-likeness (QED) is 0.398. The Morgan fingerprint density at radius 1 is 1.11 bits per heavy atom. The van der Waals surface area contributed by atoms with Gasteiger partial charge in [0.1, 0.15) is 5.52 Å². The van der Waals surface area contributed by atoms with Crippen LogP contribution < -0.4 is 16.4 Å². The average molecular weight is 538 g/mol. The number of nitrogens with two attached hydrogens (primary N) is 1. The molecule has 0 saturated carbocycles. The Morgan fingerprint density at radius 2 is 1.87 bits per heavy atom. The van der Waals surface area contributed by atoms with Crippen LogP contribution in [0.5, 0.6) is 0 Å². The van der Waals surface area contributed by atoms with Crippen molar-refractivity contribution >= 4 is 42.2 Å². The van der Waals surface area contributed by atoms with Crippen LogP contribution in [-0.4, -0.2) is 77.1 Å². The topological polar surface area (TPSA) is 135 Å². The van der Waals surface area contributed by atoms with Crippen molar-refractivity contribution < 1.29 is 14.3 Å². The van der Waals surface area contributed by atoms with Gasteiger partial charge in [-0.05, 0) is 30.4 Å². The van der Waals surface area contributed by atoms with E-state index in [9.17, 15) is 9.59 Å². The summed E-state index contributed by atoms with van der Waals surface area (Å²) >= 11 is 0. The highest BCUT2D eigenvalue weighted by atomic mass is 32.1. The molecule has 4 N–H and O–H groups in total. The number of aromatic nitrogens is 3. The number of pyridine rings is 1. The molecule has 5 rings (SSSR count). The fourth-order valence-corrected chi connectivity index (χ4v) is 4.98. The number of likely N-dealkylation sites (tertiary alicyclic amines) is 1. The minimum Gasteiger partial charge on any atom is -0.374 e. The molecule has 2 amide bonds. The zero-order chi connectivity index (χ0) is 25.6. The monoisotopic (exact) mass is 537 g/mol. The van der Waals surface area contributed by atoms with E-state index >= 15 is 0 Å². The lowest BCUT2D eigenvalue weighted by Gasteiger charge is -2.32. The Morgan fingerprint density at radius 3 is 2.58 bits per heavy atom. The van der Waals surface area contributed by atoms with E-state index in [2.05, 4.69) is 44.9 Å². The fourth-order valence-electron chi connectivity index (χ4n) is 4.98. The average Bonchev–Trinajstić information content (AvgIpc) is 2.95. The lowest BCUT2D eigenvalue weighted by molar-refractivity contribution is -0.134. The molecule has 10 nitrogen and oxygen atoms in total. The maximum Gasteiger partial charge on any atom is 0.223 e. The first-order chi connectivity index (χ1) is 18.1. The van der Waals surface area contributed by atoms with Gasteiger partial charge in [-0.2, -0.15) is 13.5 Å². The predicted molar refractivity (Wildman–Crippen MR) is 151 cm³/mol. The molecular weight excluding hydrogens is 502 g/mol. The van der Waals surface area contributed by atoms with E-state index < -0.39 is 5.91 Å². The van der Waals surface area contributed by atoms with E-state index in [1.54, 1.807) is 12.4 Å². The molecule has 4 heterocycles. The van der Waals surface area contributed by atoms with Crippen LogP contribution in [0.4, 0.5) is 5.82 Å². The number of benzene rings is 1. The first-order valence-electron chi connectivity index (χ1n) is 12.9. The largest absolute Gasteiger partial charge is 0.374 e. The molecule has 2 fully saturated rings. The second-order valence-corrected chi connectivity index (χ2v) is 9.60. The van der Waals surface area contributed by atoms with Crippen molar-refractivity contribution in [2.75, 3.05) is 44.6 Å². The van der Waals surface area contributed by atoms with Gasteiger partial charge in [0, 0.05) is 63.5 Å². The number of nitrogens with one attached hydrogen (secondary N) is 2. The van der Waals surface area contributed by atoms with Crippen molar-refractivity contribution in [1.82, 2.24) is 25.2 Å². The lowest BCUT2D eigenvalue weighted by Crippen LogP contribution is -2.42. The molecule has 0 spiro atoms. The zero-order valence-electron chi connectivity index (χ0n) is 21.4. The van der Waals surface area contributed by atoms with Crippen molar-refractivity contribution in [3.63, 3.8) is 0 Å². The number of anilines is 1. The third-order valence-corrected chi connectivity index (χ3v) is 7.07. The zero-order valence-corrected chi connectivity index (χ0v) is 22.4. The minimum absolute atomic E-state index is 0. The Bertz CT molecular complexity index is 1240. The second kappa shape index (κ2) is 13.0. The van der Waals surface area contributed by atoms with Crippen molar-refractivity contribution in [2.24, 2.45) is 5.73 Å². The van der Waals surface area contributed by atoms with Crippen LogP contribution in [-0.2, 0) is 14.3 Å². The van der Waals surface area contributed by atoms with E-state index in [0.29, 0.717) is 38.0 Å². The highest BCUT2D eigenvalue weighted by Gasteiger charge is 2.24. The number of nitrogens with zero attached hydrogens (tertiary/aromatic N) is 4. The Balaban J connectivity index is 0.00000336. The van der Waals surface area contributed by atoms with Gasteiger partial charge in [-0.25, -0.2) is 9.97 Å². The van der Waals surface area contributed by atoms with Crippen molar-refractivity contribution in [3.05, 3.63) is 48.3 Å². The SMILES string of the molecule is NC(=O)CCC(=O)N1CCC(c2ccc(-c3cc4nccnc4c(NCC4CNCCO4)n3)cc2)CC1.S. The van der Waals surface area contributed by atoms with Gasteiger partial charge >= 0.3 is 0 Å². The van der Waals surface area contributed by atoms with Crippen molar-refractivity contribution in [2.45, 2.75) is 37.7 Å². The summed E-state index contributed by atoms with van der Waals surface area (Å²) in [5, 5.41) is 6.77. The third kappa shape index (κ3) is 6.77. The molecule has 3 aromatic rings. The van der Waals surface area contributed by atoms with Crippen LogP contribution in [0.2, 0.25) is 0 Å². The summed E-state index contributed by atoms with van der Waals surface area (Å²) in [5.74, 6) is 0.668. The molecule has 0 bridgehead atoms. The summed E-state index contributed by atoms with van der Waals surface area (Å²) in [7, 11) is 0. The van der Waals surface area contributed by atoms with Gasteiger partial charge in [-0.1, -0.05) is 24.3 Å². The number of hydrogen-bond acceptors (Lipinski definition) is 8. The predicted octanol–water partition coefficient (Wildman–Crippen LogP) is 2.18. The molecule has 202 valence electrons. The molecular formula is C27H35N7O3S. The smallest absolute Gasteiger partial charge is 0.223 e. The van der Waals surface area contributed by atoms with Gasteiger partial charge in [0.05, 0.1) is 23.9 Å². The third-order valence-electron chi connectivity index (χ3n) is 7.07. The summed E-state index contributed by atoms with van der Waals surface area (Å²) in [6.07, 6.45) is 5.55. The number of fused-ring (bicyclic) bond motifs is 1. The summed E-state index contributed by atoms with van der Waals surface area (Å²) in [6, 6.07) is 10.5. The molecule has 2 aromatic heterocycles. The molecule has 2 aliphatic rings. The summed E-state index contributed by atoms with van der Waals surface area (Å²) in [6.45, 7) is 4.42. The van der Waals surface area contributed by atoms with Crippen LogP contribution in [0.3, 0.4) is 0 Å². The Kier molecular flexibility index (Phi) is 9.48. The van der Waals surface area contributed by atoms with Gasteiger partial charge in [-0.3, -0.25) is 14.6 Å². The molecule has 11 heteroatoms. The number of primary amides is 1. The van der Waals surface area contributed by atoms with Crippen LogP contribution in [0, 0.1) is 0 Å². The first-order valence-corrected chi connectivity index (χ1v) is 12.9. The van der Waals surface area contributed by atoms with Gasteiger partial charge in [0.15, 0.2) is 5.82 Å².